The number of hydrogen-bond acceptors (Lipinski definition) is 4. The van der Waals surface area contributed by atoms with Crippen LogP contribution >= 0.6 is 0 Å². The maximum atomic E-state index is 13.0. The summed E-state index contributed by atoms with van der Waals surface area (Å²) in [6.07, 6.45) is 0. The van der Waals surface area contributed by atoms with E-state index in [-0.39, 0.29) is 17.6 Å². The van der Waals surface area contributed by atoms with Crippen LogP contribution in [-0.4, -0.2) is 17.7 Å². The molecule has 1 aliphatic rings. The maximum absolute atomic E-state index is 13.0. The number of fused-ring (bicyclic) bond motifs is 3. The molecule has 25 heavy (non-hydrogen) atoms. The Kier molecular flexibility index (Phi) is 4.45. The zero-order valence-corrected chi connectivity index (χ0v) is 14.7. The van der Waals surface area contributed by atoms with Gasteiger partial charge in [-0.2, -0.15) is 0 Å². The first-order valence-electron chi connectivity index (χ1n) is 8.45. The summed E-state index contributed by atoms with van der Waals surface area (Å²) in [5.74, 6) is 5.38. The van der Waals surface area contributed by atoms with E-state index in [0.717, 1.165) is 16.1 Å². The molecular weight excluding hydrogens is 314 g/mol. The fourth-order valence-corrected chi connectivity index (χ4v) is 3.27. The summed E-state index contributed by atoms with van der Waals surface area (Å²) < 4.78 is 0. The van der Waals surface area contributed by atoms with Crippen LogP contribution in [0.25, 0.3) is 11.1 Å². The van der Waals surface area contributed by atoms with Gasteiger partial charge in [0.15, 0.2) is 5.78 Å². The third-order valence-corrected chi connectivity index (χ3v) is 4.89. The fourth-order valence-electron chi connectivity index (χ4n) is 3.27. The van der Waals surface area contributed by atoms with Crippen LogP contribution in [0.4, 0.5) is 5.69 Å². The van der Waals surface area contributed by atoms with Crippen molar-refractivity contribution in [3.05, 3.63) is 53.6 Å². The van der Waals surface area contributed by atoms with Gasteiger partial charge >= 0.3 is 0 Å². The topological polar surface area (TPSA) is 89.4 Å². The molecule has 5 nitrogen and oxygen atoms in total. The average Bonchev–Trinajstić information content (AvgIpc) is 2.71. The smallest absolute Gasteiger partial charge is 0.248 e. The van der Waals surface area contributed by atoms with Crippen molar-refractivity contribution in [2.45, 2.75) is 32.7 Å². The molecule has 1 heterocycles. The Balaban J connectivity index is 2.32. The van der Waals surface area contributed by atoms with Crippen molar-refractivity contribution in [2.75, 3.05) is 5.01 Å². The Bertz CT molecular complexity index is 845. The van der Waals surface area contributed by atoms with E-state index in [0.29, 0.717) is 16.8 Å². The van der Waals surface area contributed by atoms with E-state index in [1.807, 2.05) is 45.0 Å². The lowest BCUT2D eigenvalue weighted by Crippen LogP contribution is -2.40. The van der Waals surface area contributed by atoms with Crippen molar-refractivity contribution in [3.8, 4) is 11.1 Å². The van der Waals surface area contributed by atoms with Crippen molar-refractivity contribution in [2.24, 2.45) is 17.5 Å². The van der Waals surface area contributed by atoms with Crippen LogP contribution in [0.1, 0.15) is 42.6 Å². The zero-order chi connectivity index (χ0) is 18.3. The molecule has 0 spiro atoms. The molecule has 1 aliphatic heterocycles. The third kappa shape index (κ3) is 2.75. The molecule has 0 saturated heterocycles. The highest BCUT2D eigenvalue weighted by Crippen LogP contribution is 2.42. The molecule has 0 aromatic heterocycles. The van der Waals surface area contributed by atoms with Crippen LogP contribution in [0.2, 0.25) is 0 Å². The van der Waals surface area contributed by atoms with Crippen molar-refractivity contribution in [1.29, 1.82) is 0 Å². The predicted octanol–water partition coefficient (Wildman–Crippen LogP) is 2.84. The second-order valence-electron chi connectivity index (χ2n) is 6.85. The molecule has 0 fully saturated rings. The normalized spacial score (nSPS) is 17.8. The Morgan fingerprint density at radius 3 is 2.48 bits per heavy atom. The number of hydrogen-bond donors (Lipinski definition) is 2. The van der Waals surface area contributed by atoms with Gasteiger partial charge in [-0.05, 0) is 30.0 Å². The highest BCUT2D eigenvalue weighted by atomic mass is 16.2. The molecule has 4 N–H and O–H groups in total. The number of nitrogens with two attached hydrogens (primary N) is 2. The van der Waals surface area contributed by atoms with Gasteiger partial charge < -0.3 is 5.73 Å². The lowest BCUT2D eigenvalue weighted by molar-refractivity contribution is -0.119. The minimum absolute atomic E-state index is 0.0129. The van der Waals surface area contributed by atoms with Gasteiger partial charge in [0.25, 0.3) is 0 Å². The van der Waals surface area contributed by atoms with Gasteiger partial charge in [0.2, 0.25) is 5.91 Å². The van der Waals surface area contributed by atoms with E-state index in [4.69, 9.17) is 11.6 Å². The summed E-state index contributed by atoms with van der Waals surface area (Å²) in [5.41, 5.74) is 9.54. The van der Waals surface area contributed by atoms with E-state index >= 15 is 0 Å². The minimum atomic E-state index is -0.610. The van der Waals surface area contributed by atoms with E-state index < -0.39 is 12.0 Å². The number of carbonyl (C=O) groups excluding carboxylic acids is 2. The molecular formula is C20H23N3O2. The summed E-state index contributed by atoms with van der Waals surface area (Å²) >= 11 is 0. The van der Waals surface area contributed by atoms with Gasteiger partial charge in [0.1, 0.15) is 0 Å². The van der Waals surface area contributed by atoms with Crippen LogP contribution in [0, 0.1) is 5.92 Å². The summed E-state index contributed by atoms with van der Waals surface area (Å²) in [4.78, 5) is 25.7. The minimum Gasteiger partial charge on any atom is -0.321 e. The molecule has 5 heteroatoms. The highest BCUT2D eigenvalue weighted by Gasteiger charge is 2.33. The Labute approximate surface area is 147 Å². The highest BCUT2D eigenvalue weighted by molar-refractivity contribution is 6.12. The molecule has 0 saturated carbocycles. The molecule has 0 bridgehead atoms. The number of hydrazine groups is 1. The molecule has 2 aromatic carbocycles. The van der Waals surface area contributed by atoms with Gasteiger partial charge in [-0.1, -0.05) is 50.2 Å². The van der Waals surface area contributed by atoms with Gasteiger partial charge in [0, 0.05) is 11.1 Å². The number of rotatable bonds is 3. The number of Topliss-reactive ketones (excluding diaryl/α,β-unsaturated/α-hetero) is 1. The number of amides is 1. The Morgan fingerprint density at radius 1 is 1.12 bits per heavy atom. The number of nitrogens with zero attached hydrogens (tertiary/aromatic N) is 1. The maximum Gasteiger partial charge on any atom is 0.248 e. The molecule has 1 amide bonds. The van der Waals surface area contributed by atoms with E-state index in [1.54, 1.807) is 18.2 Å². The van der Waals surface area contributed by atoms with E-state index in [2.05, 4.69) is 0 Å². The van der Waals surface area contributed by atoms with Crippen LogP contribution in [-0.2, 0) is 4.79 Å². The molecule has 2 atom stereocenters. The van der Waals surface area contributed by atoms with Crippen LogP contribution in [0.3, 0.4) is 0 Å². The number of ketones is 1. The van der Waals surface area contributed by atoms with Crippen molar-refractivity contribution < 1.29 is 9.59 Å². The fraction of sp³-hybridized carbons (Fsp3) is 0.300. The van der Waals surface area contributed by atoms with Gasteiger partial charge in [-0.3, -0.25) is 9.59 Å². The largest absolute Gasteiger partial charge is 0.321 e. The number of benzene rings is 2. The number of carbonyl (C=O) groups is 2. The van der Waals surface area contributed by atoms with Crippen molar-refractivity contribution in [3.63, 3.8) is 0 Å². The Hall–Kier alpha value is -2.50. The molecule has 3 rings (SSSR count). The van der Waals surface area contributed by atoms with Crippen molar-refractivity contribution in [1.82, 2.24) is 0 Å². The van der Waals surface area contributed by atoms with Crippen LogP contribution in [0.15, 0.2) is 42.5 Å². The summed E-state index contributed by atoms with van der Waals surface area (Å²) in [5, 5.41) is 1.15. The summed E-state index contributed by atoms with van der Waals surface area (Å²) in [6, 6.07) is 12.3. The Morgan fingerprint density at radius 2 is 1.80 bits per heavy atom. The summed E-state index contributed by atoms with van der Waals surface area (Å²) in [6.45, 7) is 5.66. The lowest BCUT2D eigenvalue weighted by Gasteiger charge is -2.22. The second-order valence-corrected chi connectivity index (χ2v) is 6.85. The van der Waals surface area contributed by atoms with Gasteiger partial charge in [-0.15, -0.1) is 0 Å². The average molecular weight is 337 g/mol. The number of anilines is 1. The van der Waals surface area contributed by atoms with Crippen molar-refractivity contribution >= 4 is 17.4 Å². The van der Waals surface area contributed by atoms with Gasteiger partial charge in [0.05, 0.1) is 17.6 Å². The standard InChI is InChI=1S/C20H23N3O2/c1-11(2)18(21)19(24)15-9-6-10-16-17(15)14-8-5-4-7-13(14)12(3)20(25)23(16)22/h4-12,18H,21-22H2,1-3H3/t12?,18-/m0/s1. The third-order valence-electron chi connectivity index (χ3n) is 4.89. The summed E-state index contributed by atoms with van der Waals surface area (Å²) in [7, 11) is 0. The van der Waals surface area contributed by atoms with E-state index in [1.165, 1.54) is 0 Å². The monoisotopic (exact) mass is 337 g/mol. The first-order chi connectivity index (χ1) is 11.8. The van der Waals surface area contributed by atoms with Crippen LogP contribution in [0.5, 0.6) is 0 Å². The van der Waals surface area contributed by atoms with Gasteiger partial charge in [-0.25, -0.2) is 10.9 Å². The predicted molar refractivity (Wildman–Crippen MR) is 99.1 cm³/mol. The van der Waals surface area contributed by atoms with E-state index in [9.17, 15) is 9.59 Å². The SMILES string of the molecule is CC1C(=O)N(N)c2cccc(C(=O)[C@@H](N)C(C)C)c2-c2ccccc21. The quantitative estimate of drug-likeness (QED) is 0.512. The zero-order valence-electron chi connectivity index (χ0n) is 14.7. The van der Waals surface area contributed by atoms with Crippen LogP contribution < -0.4 is 16.6 Å². The molecule has 130 valence electrons. The molecule has 2 aromatic rings. The first kappa shape index (κ1) is 17.3. The molecule has 1 unspecified atom stereocenters. The second kappa shape index (κ2) is 6.43. The molecule has 0 radical (unpaired) electrons. The lowest BCUT2D eigenvalue weighted by atomic mass is 9.86. The first-order valence-corrected chi connectivity index (χ1v) is 8.45. The molecule has 0 aliphatic carbocycles.